The van der Waals surface area contributed by atoms with E-state index in [1.54, 1.807) is 22.5 Å². The topological polar surface area (TPSA) is 138 Å². The van der Waals surface area contributed by atoms with Gasteiger partial charge in [0.2, 0.25) is 11.7 Å². The average molecular weight is 445 g/mol. The molecule has 4 heterocycles. The van der Waals surface area contributed by atoms with E-state index in [0.29, 0.717) is 29.7 Å². The van der Waals surface area contributed by atoms with E-state index in [-0.39, 0.29) is 18.4 Å². The molecule has 166 valence electrons. The number of nitrogens with zero attached hydrogens (tertiary/aromatic N) is 8. The molecular weight excluding hydrogens is 426 g/mol. The van der Waals surface area contributed by atoms with Gasteiger partial charge in [-0.25, -0.2) is 14.2 Å². The van der Waals surface area contributed by atoms with Crippen molar-refractivity contribution < 1.29 is 14.1 Å². The fraction of sp³-hybridized carbons (Fsp3) is 0.286. The van der Waals surface area contributed by atoms with Gasteiger partial charge in [0.25, 0.3) is 5.89 Å². The first-order valence-electron chi connectivity index (χ1n) is 10.5. The molecule has 1 aromatic carbocycles. The van der Waals surface area contributed by atoms with Crippen molar-refractivity contribution in [2.45, 2.75) is 26.0 Å². The van der Waals surface area contributed by atoms with Crippen molar-refractivity contribution >= 4 is 28.4 Å². The summed E-state index contributed by atoms with van der Waals surface area (Å²) < 4.78 is 13.6. The first kappa shape index (κ1) is 19.5. The Kier molecular flexibility index (Phi) is 4.57. The number of anilines is 1. The first-order chi connectivity index (χ1) is 16.2. The molecule has 5 aromatic rings. The van der Waals surface area contributed by atoms with Gasteiger partial charge in [0.15, 0.2) is 11.5 Å². The molecule has 33 heavy (non-hydrogen) atoms. The molecule has 0 aliphatic heterocycles. The molecule has 12 nitrogen and oxygen atoms in total. The minimum absolute atomic E-state index is 0.0134. The number of rotatable bonds is 7. The van der Waals surface area contributed by atoms with E-state index >= 15 is 0 Å². The average Bonchev–Trinajstić information content (AvgIpc) is 3.25. The molecule has 1 aliphatic rings. The maximum atomic E-state index is 12.0. The van der Waals surface area contributed by atoms with Crippen molar-refractivity contribution in [1.29, 1.82) is 0 Å². The zero-order chi connectivity index (χ0) is 22.4. The maximum absolute atomic E-state index is 12.0. The third-order valence-corrected chi connectivity index (χ3v) is 5.39. The van der Waals surface area contributed by atoms with Crippen LogP contribution in [0.25, 0.3) is 28.1 Å². The second kappa shape index (κ2) is 7.74. The van der Waals surface area contributed by atoms with Crippen LogP contribution < -0.4 is 5.32 Å². The number of nitrogens with one attached hydrogen (secondary N) is 1. The lowest BCUT2D eigenvalue weighted by Crippen LogP contribution is -2.13. The lowest BCUT2D eigenvalue weighted by Gasteiger charge is -2.03. The van der Waals surface area contributed by atoms with Crippen molar-refractivity contribution in [3.63, 3.8) is 0 Å². The fourth-order valence-electron chi connectivity index (χ4n) is 3.57. The van der Waals surface area contributed by atoms with E-state index in [2.05, 4.69) is 35.9 Å². The quantitative estimate of drug-likeness (QED) is 0.399. The zero-order valence-corrected chi connectivity index (χ0v) is 17.7. The van der Waals surface area contributed by atoms with Crippen LogP contribution in [0.4, 0.5) is 5.82 Å². The molecule has 0 radical (unpaired) electrons. The van der Waals surface area contributed by atoms with E-state index in [1.165, 1.54) is 0 Å². The minimum Gasteiger partial charge on any atom is -0.375 e. The van der Waals surface area contributed by atoms with Crippen LogP contribution in [0.1, 0.15) is 24.4 Å². The number of amides is 1. The third kappa shape index (κ3) is 3.80. The molecule has 0 spiro atoms. The summed E-state index contributed by atoms with van der Waals surface area (Å²) in [6.07, 6.45) is 3.59. The van der Waals surface area contributed by atoms with Crippen LogP contribution in [0, 0.1) is 5.92 Å². The van der Waals surface area contributed by atoms with Crippen LogP contribution in [0.15, 0.2) is 41.1 Å². The van der Waals surface area contributed by atoms with Gasteiger partial charge in [-0.05, 0) is 43.2 Å². The highest BCUT2D eigenvalue weighted by Crippen LogP contribution is 2.30. The molecule has 12 heteroatoms. The Hall–Kier alpha value is -4.19. The molecule has 1 saturated carbocycles. The summed E-state index contributed by atoms with van der Waals surface area (Å²) >= 11 is 0. The zero-order valence-electron chi connectivity index (χ0n) is 17.7. The number of methoxy groups -OCH3 is 1. The third-order valence-electron chi connectivity index (χ3n) is 5.39. The highest BCUT2D eigenvalue weighted by molar-refractivity contribution is 5.93. The molecular formula is C21H19N9O3. The second-order valence-electron chi connectivity index (χ2n) is 7.91. The minimum atomic E-state index is 0.0134. The number of benzene rings is 1. The van der Waals surface area contributed by atoms with Gasteiger partial charge in [-0.2, -0.15) is 10.1 Å². The van der Waals surface area contributed by atoms with E-state index in [4.69, 9.17) is 9.26 Å². The molecule has 1 amide bonds. The summed E-state index contributed by atoms with van der Waals surface area (Å²) in [5, 5.41) is 20.0. The highest BCUT2D eigenvalue weighted by atomic mass is 16.5. The van der Waals surface area contributed by atoms with E-state index < -0.39 is 0 Å². The number of ether oxygens (including phenoxy) is 1. The predicted octanol–water partition coefficient (Wildman–Crippen LogP) is 2.07. The first-order valence-corrected chi connectivity index (χ1v) is 10.5. The van der Waals surface area contributed by atoms with Gasteiger partial charge in [0.1, 0.15) is 12.1 Å². The maximum Gasteiger partial charge on any atom is 0.252 e. The lowest BCUT2D eigenvalue weighted by molar-refractivity contribution is -0.117. The van der Waals surface area contributed by atoms with Gasteiger partial charge < -0.3 is 14.6 Å². The number of imidazole rings is 1. The SMILES string of the molecule is COCc1nc(-c2ccc3nnn(Cc4ccc5nc(NC(=O)C6CC6)cn5n4)c3c2)no1. The van der Waals surface area contributed by atoms with E-state index in [9.17, 15) is 4.79 Å². The number of carbonyl (C=O) groups excluding carboxylic acids is 1. The summed E-state index contributed by atoms with van der Waals surface area (Å²) in [5.41, 5.74) is 3.76. The fourth-order valence-corrected chi connectivity index (χ4v) is 3.57. The number of hydrogen-bond donors (Lipinski definition) is 1. The van der Waals surface area contributed by atoms with Crippen molar-refractivity contribution in [1.82, 2.24) is 39.7 Å². The summed E-state index contributed by atoms with van der Waals surface area (Å²) in [4.78, 5) is 20.8. The summed E-state index contributed by atoms with van der Waals surface area (Å²) in [6.45, 7) is 0.655. The monoisotopic (exact) mass is 445 g/mol. The van der Waals surface area contributed by atoms with Gasteiger partial charge in [0, 0.05) is 18.6 Å². The number of aromatic nitrogens is 8. The van der Waals surface area contributed by atoms with Crippen LogP contribution in [0.2, 0.25) is 0 Å². The molecule has 4 aromatic heterocycles. The summed E-state index contributed by atoms with van der Waals surface area (Å²) in [7, 11) is 1.57. The highest BCUT2D eigenvalue weighted by Gasteiger charge is 2.30. The molecule has 0 saturated heterocycles. The number of carbonyl (C=O) groups is 1. The Morgan fingerprint density at radius 1 is 1.24 bits per heavy atom. The van der Waals surface area contributed by atoms with Crippen molar-refractivity contribution in [2.24, 2.45) is 5.92 Å². The van der Waals surface area contributed by atoms with Gasteiger partial charge in [0.05, 0.1) is 24.0 Å². The molecule has 0 unspecified atom stereocenters. The Balaban J connectivity index is 1.26. The number of fused-ring (bicyclic) bond motifs is 2. The van der Waals surface area contributed by atoms with Gasteiger partial charge >= 0.3 is 0 Å². The number of hydrogen-bond acceptors (Lipinski definition) is 9. The van der Waals surface area contributed by atoms with Gasteiger partial charge in [-0.1, -0.05) is 10.4 Å². The smallest absolute Gasteiger partial charge is 0.252 e. The normalized spacial score (nSPS) is 13.7. The van der Waals surface area contributed by atoms with Crippen molar-refractivity contribution in [3.05, 3.63) is 48.1 Å². The standard InChI is InChI=1S/C21H19N9O3/c1-32-11-19-24-20(27-33-19)13-4-6-15-16(8-13)29(28-25-15)9-14-5-7-18-22-17(10-30(18)26-14)23-21(31)12-2-3-12/h4-8,10,12H,2-3,9,11H2,1H3,(H,23,31). The summed E-state index contributed by atoms with van der Waals surface area (Å²) in [5.74, 6) is 1.50. The van der Waals surface area contributed by atoms with Crippen molar-refractivity contribution in [3.8, 4) is 11.4 Å². The Labute approximate surface area is 186 Å². The van der Waals surface area contributed by atoms with Crippen LogP contribution in [-0.4, -0.2) is 52.7 Å². The van der Waals surface area contributed by atoms with E-state index in [1.807, 2.05) is 30.3 Å². The predicted molar refractivity (Wildman–Crippen MR) is 115 cm³/mol. The van der Waals surface area contributed by atoms with Crippen LogP contribution in [0.3, 0.4) is 0 Å². The van der Waals surface area contributed by atoms with Gasteiger partial charge in [-0.3, -0.25) is 4.79 Å². The van der Waals surface area contributed by atoms with E-state index in [0.717, 1.165) is 35.1 Å². The van der Waals surface area contributed by atoms with Crippen molar-refractivity contribution in [2.75, 3.05) is 12.4 Å². The largest absolute Gasteiger partial charge is 0.375 e. The molecule has 1 fully saturated rings. The molecule has 1 N–H and O–H groups in total. The second-order valence-corrected chi connectivity index (χ2v) is 7.91. The van der Waals surface area contributed by atoms with Crippen LogP contribution >= 0.6 is 0 Å². The Morgan fingerprint density at radius 2 is 2.15 bits per heavy atom. The lowest BCUT2D eigenvalue weighted by atomic mass is 10.2. The summed E-state index contributed by atoms with van der Waals surface area (Å²) in [6, 6.07) is 9.38. The Morgan fingerprint density at radius 3 is 3.00 bits per heavy atom. The molecule has 6 rings (SSSR count). The van der Waals surface area contributed by atoms with Crippen LogP contribution in [-0.2, 0) is 22.7 Å². The van der Waals surface area contributed by atoms with Crippen LogP contribution in [0.5, 0.6) is 0 Å². The molecule has 0 bridgehead atoms. The van der Waals surface area contributed by atoms with Gasteiger partial charge in [-0.15, -0.1) is 5.10 Å². The molecule has 1 aliphatic carbocycles. The Bertz CT molecular complexity index is 1480. The molecule has 0 atom stereocenters.